The number of pyridine rings is 2. The van der Waals surface area contributed by atoms with Crippen molar-refractivity contribution in [3.8, 4) is 0 Å². The molecule has 3 aromatic rings. The Hall–Kier alpha value is -2.49. The molecule has 1 aliphatic carbocycles. The van der Waals surface area contributed by atoms with Crippen LogP contribution in [0.15, 0.2) is 48.9 Å². The summed E-state index contributed by atoms with van der Waals surface area (Å²) < 4.78 is 1.75. The van der Waals surface area contributed by atoms with Crippen molar-refractivity contribution in [1.29, 1.82) is 0 Å². The first-order chi connectivity index (χ1) is 10.3. The lowest BCUT2D eigenvalue weighted by Gasteiger charge is -2.22. The van der Waals surface area contributed by atoms with E-state index in [2.05, 4.69) is 16.1 Å². The molecular weight excluding hydrogens is 262 g/mol. The Kier molecular flexibility index (Phi) is 2.81. The molecule has 3 aromatic heterocycles. The number of aromatic nitrogens is 3. The van der Waals surface area contributed by atoms with Crippen LogP contribution in [0.25, 0.3) is 5.52 Å². The van der Waals surface area contributed by atoms with Gasteiger partial charge in [0, 0.05) is 12.4 Å². The second-order valence-electron chi connectivity index (χ2n) is 5.45. The zero-order chi connectivity index (χ0) is 14.2. The standard InChI is InChI=1S/C17H15N3O/c21-17(14-11-19-20-10-2-1-8-15(14)20)13-7-3-5-12-6-4-9-18-16(12)13/h1-2,4,6,8-11,13H,3,5,7H2. The predicted molar refractivity (Wildman–Crippen MR) is 79.4 cm³/mol. The zero-order valence-electron chi connectivity index (χ0n) is 11.6. The molecule has 1 unspecified atom stereocenters. The van der Waals surface area contributed by atoms with Crippen molar-refractivity contribution in [3.63, 3.8) is 0 Å². The maximum atomic E-state index is 12.9. The van der Waals surface area contributed by atoms with Crippen LogP contribution in [0.2, 0.25) is 0 Å². The topological polar surface area (TPSA) is 47.3 Å². The van der Waals surface area contributed by atoms with Gasteiger partial charge >= 0.3 is 0 Å². The third-order valence-electron chi connectivity index (χ3n) is 4.20. The molecule has 0 saturated carbocycles. The van der Waals surface area contributed by atoms with Crippen LogP contribution in [-0.4, -0.2) is 20.4 Å². The normalized spacial score (nSPS) is 17.6. The van der Waals surface area contributed by atoms with E-state index in [1.54, 1.807) is 16.9 Å². The average Bonchev–Trinajstić information content (AvgIpc) is 2.98. The number of ketones is 1. The number of hydrogen-bond acceptors (Lipinski definition) is 3. The van der Waals surface area contributed by atoms with E-state index in [9.17, 15) is 4.79 Å². The summed E-state index contributed by atoms with van der Waals surface area (Å²) in [7, 11) is 0. The molecule has 0 N–H and O–H groups in total. The first-order valence-electron chi connectivity index (χ1n) is 7.25. The summed E-state index contributed by atoms with van der Waals surface area (Å²) >= 11 is 0. The molecule has 0 aromatic carbocycles. The summed E-state index contributed by atoms with van der Waals surface area (Å²) in [5, 5.41) is 4.27. The van der Waals surface area contributed by atoms with Crippen LogP contribution in [-0.2, 0) is 6.42 Å². The third kappa shape index (κ3) is 1.95. The first kappa shape index (κ1) is 12.3. The highest BCUT2D eigenvalue weighted by Gasteiger charge is 2.29. The van der Waals surface area contributed by atoms with Crippen molar-refractivity contribution in [2.45, 2.75) is 25.2 Å². The summed E-state index contributed by atoms with van der Waals surface area (Å²) in [5.41, 5.74) is 3.72. The van der Waals surface area contributed by atoms with Gasteiger partial charge in [0.1, 0.15) is 0 Å². The van der Waals surface area contributed by atoms with Gasteiger partial charge in [-0.2, -0.15) is 5.10 Å². The number of Topliss-reactive ketones (excluding diaryl/α,β-unsaturated/α-hetero) is 1. The van der Waals surface area contributed by atoms with Crippen molar-refractivity contribution in [1.82, 2.24) is 14.6 Å². The smallest absolute Gasteiger partial charge is 0.175 e. The van der Waals surface area contributed by atoms with Crippen LogP contribution < -0.4 is 0 Å². The quantitative estimate of drug-likeness (QED) is 0.676. The Labute approximate surface area is 122 Å². The van der Waals surface area contributed by atoms with Gasteiger partial charge in [0.2, 0.25) is 0 Å². The van der Waals surface area contributed by atoms with Gasteiger partial charge in [-0.3, -0.25) is 9.78 Å². The van der Waals surface area contributed by atoms with Crippen molar-refractivity contribution >= 4 is 11.3 Å². The minimum atomic E-state index is -0.136. The fraction of sp³-hybridized carbons (Fsp3) is 0.235. The van der Waals surface area contributed by atoms with Crippen LogP contribution >= 0.6 is 0 Å². The second-order valence-corrected chi connectivity index (χ2v) is 5.45. The molecular formula is C17H15N3O. The molecule has 1 atom stereocenters. The minimum Gasteiger partial charge on any atom is -0.293 e. The average molecular weight is 277 g/mol. The third-order valence-corrected chi connectivity index (χ3v) is 4.20. The molecule has 3 heterocycles. The lowest BCUT2D eigenvalue weighted by molar-refractivity contribution is 0.0950. The van der Waals surface area contributed by atoms with E-state index in [1.807, 2.05) is 30.5 Å². The maximum Gasteiger partial charge on any atom is 0.175 e. The fourth-order valence-corrected chi connectivity index (χ4v) is 3.18. The molecule has 0 radical (unpaired) electrons. The van der Waals surface area contributed by atoms with Gasteiger partial charge in [0.25, 0.3) is 0 Å². The highest BCUT2D eigenvalue weighted by molar-refractivity contribution is 6.06. The van der Waals surface area contributed by atoms with Crippen LogP contribution in [0, 0.1) is 0 Å². The van der Waals surface area contributed by atoms with E-state index >= 15 is 0 Å². The van der Waals surface area contributed by atoms with Gasteiger partial charge in [0.15, 0.2) is 5.78 Å². The van der Waals surface area contributed by atoms with Gasteiger partial charge in [-0.15, -0.1) is 0 Å². The molecule has 4 heteroatoms. The summed E-state index contributed by atoms with van der Waals surface area (Å²) in [6.07, 6.45) is 8.23. The summed E-state index contributed by atoms with van der Waals surface area (Å²) in [4.78, 5) is 17.4. The van der Waals surface area contributed by atoms with E-state index in [0.29, 0.717) is 5.56 Å². The van der Waals surface area contributed by atoms with Gasteiger partial charge in [-0.1, -0.05) is 12.1 Å². The first-order valence-corrected chi connectivity index (χ1v) is 7.25. The van der Waals surface area contributed by atoms with E-state index in [-0.39, 0.29) is 11.7 Å². The van der Waals surface area contributed by atoms with Gasteiger partial charge in [-0.05, 0) is 43.0 Å². The Morgan fingerprint density at radius 1 is 1.24 bits per heavy atom. The number of carbonyl (C=O) groups excluding carboxylic acids is 1. The molecule has 21 heavy (non-hydrogen) atoms. The lowest BCUT2D eigenvalue weighted by atomic mass is 9.82. The molecule has 104 valence electrons. The lowest BCUT2D eigenvalue weighted by Crippen LogP contribution is -2.20. The van der Waals surface area contributed by atoms with Crippen molar-refractivity contribution in [3.05, 3.63) is 65.7 Å². The Balaban J connectivity index is 1.79. The number of carbonyl (C=O) groups is 1. The molecule has 4 rings (SSSR count). The molecule has 0 saturated heterocycles. The molecule has 0 spiro atoms. The Morgan fingerprint density at radius 2 is 2.19 bits per heavy atom. The highest BCUT2D eigenvalue weighted by atomic mass is 16.1. The summed E-state index contributed by atoms with van der Waals surface area (Å²) in [6, 6.07) is 9.80. The van der Waals surface area contributed by atoms with Crippen LogP contribution in [0.1, 0.15) is 40.4 Å². The van der Waals surface area contributed by atoms with Gasteiger partial charge in [0.05, 0.1) is 28.9 Å². The molecule has 0 fully saturated rings. The Bertz CT molecular complexity index is 822. The monoisotopic (exact) mass is 277 g/mol. The summed E-state index contributed by atoms with van der Waals surface area (Å²) in [5.74, 6) is -0.000920. The van der Waals surface area contributed by atoms with Crippen LogP contribution in [0.4, 0.5) is 0 Å². The fourth-order valence-electron chi connectivity index (χ4n) is 3.18. The SMILES string of the molecule is O=C(c1cnn2ccccc12)C1CCCc2cccnc21. The number of rotatable bonds is 2. The van der Waals surface area contributed by atoms with E-state index < -0.39 is 0 Å². The number of hydrogen-bond donors (Lipinski definition) is 0. The maximum absolute atomic E-state index is 12.9. The van der Waals surface area contributed by atoms with E-state index in [1.165, 1.54) is 5.56 Å². The largest absolute Gasteiger partial charge is 0.293 e. The Morgan fingerprint density at radius 3 is 3.14 bits per heavy atom. The highest BCUT2D eigenvalue weighted by Crippen LogP contribution is 2.33. The van der Waals surface area contributed by atoms with Gasteiger partial charge in [-0.25, -0.2) is 4.52 Å². The molecule has 4 nitrogen and oxygen atoms in total. The predicted octanol–water partition coefficient (Wildman–Crippen LogP) is 3.03. The van der Waals surface area contributed by atoms with Gasteiger partial charge < -0.3 is 0 Å². The van der Waals surface area contributed by atoms with Crippen LogP contribution in [0.5, 0.6) is 0 Å². The van der Waals surface area contributed by atoms with Crippen molar-refractivity contribution < 1.29 is 4.79 Å². The molecule has 1 aliphatic rings. The number of aryl methyl sites for hydroxylation is 1. The van der Waals surface area contributed by atoms with E-state index in [4.69, 9.17) is 0 Å². The molecule has 0 aliphatic heterocycles. The number of nitrogens with zero attached hydrogens (tertiary/aromatic N) is 3. The van der Waals surface area contributed by atoms with Crippen LogP contribution in [0.3, 0.4) is 0 Å². The zero-order valence-corrected chi connectivity index (χ0v) is 11.6. The van der Waals surface area contributed by atoms with Crippen molar-refractivity contribution in [2.24, 2.45) is 0 Å². The van der Waals surface area contributed by atoms with E-state index in [0.717, 1.165) is 30.5 Å². The summed E-state index contributed by atoms with van der Waals surface area (Å²) in [6.45, 7) is 0. The van der Waals surface area contributed by atoms with Crippen molar-refractivity contribution in [2.75, 3.05) is 0 Å². The second kappa shape index (κ2) is 4.81. The molecule has 0 amide bonds. The minimum absolute atomic E-state index is 0.135. The molecule has 0 bridgehead atoms. The number of fused-ring (bicyclic) bond motifs is 2.